The highest BCUT2D eigenvalue weighted by Gasteiger charge is 2.03. The maximum absolute atomic E-state index is 5.14. The van der Waals surface area contributed by atoms with Gasteiger partial charge in [-0.15, -0.1) is 0 Å². The number of halogens is 1. The summed E-state index contributed by atoms with van der Waals surface area (Å²) in [7, 11) is 0. The largest absolute Gasteiger partial charge is 0.349 e. The van der Waals surface area contributed by atoms with Crippen molar-refractivity contribution in [3.63, 3.8) is 0 Å². The Kier molecular flexibility index (Phi) is 4.08. The van der Waals surface area contributed by atoms with Crippen molar-refractivity contribution >= 4 is 38.8 Å². The highest BCUT2D eigenvalue weighted by atomic mass is 79.9. The molecule has 0 unspecified atom stereocenters. The second-order valence-corrected chi connectivity index (χ2v) is 4.67. The van der Waals surface area contributed by atoms with Crippen LogP contribution >= 0.6 is 28.1 Å². The molecule has 0 radical (unpaired) electrons. The fraction of sp³-hybridized carbons (Fsp3) is 0.364. The molecule has 0 spiro atoms. The van der Waals surface area contributed by atoms with Crippen molar-refractivity contribution in [3.8, 4) is 0 Å². The van der Waals surface area contributed by atoms with Crippen LogP contribution in [0.1, 0.15) is 24.5 Å². The maximum Gasteiger partial charge on any atom is 0.0794 e. The van der Waals surface area contributed by atoms with Crippen LogP contribution in [0.2, 0.25) is 0 Å². The van der Waals surface area contributed by atoms with Gasteiger partial charge in [-0.2, -0.15) is 0 Å². The second kappa shape index (κ2) is 4.89. The van der Waals surface area contributed by atoms with Crippen LogP contribution in [-0.2, 0) is 0 Å². The highest BCUT2D eigenvalue weighted by Crippen LogP contribution is 2.26. The van der Waals surface area contributed by atoms with Crippen molar-refractivity contribution in [2.75, 3.05) is 5.32 Å². The quantitative estimate of drug-likeness (QED) is 0.809. The zero-order valence-corrected chi connectivity index (χ0v) is 11.1. The molecule has 0 aliphatic carbocycles. The van der Waals surface area contributed by atoms with Crippen LogP contribution in [0.4, 0.5) is 5.69 Å². The Hall–Kier alpha value is -0.410. The summed E-state index contributed by atoms with van der Waals surface area (Å²) in [6, 6.07) is 4.22. The summed E-state index contributed by atoms with van der Waals surface area (Å²) in [5.41, 5.74) is 3.61. The van der Waals surface area contributed by atoms with Gasteiger partial charge in [0.15, 0.2) is 0 Å². The van der Waals surface area contributed by atoms with Gasteiger partial charge in [0.05, 0.1) is 10.7 Å². The molecule has 0 atom stereocenters. The Labute approximate surface area is 99.0 Å². The molecule has 76 valence electrons. The first-order valence-corrected chi connectivity index (χ1v) is 5.81. The molecule has 0 fully saturated rings. The van der Waals surface area contributed by atoms with Crippen molar-refractivity contribution in [2.45, 2.75) is 27.2 Å². The van der Waals surface area contributed by atoms with E-state index in [-0.39, 0.29) is 0 Å². The molecule has 0 aliphatic rings. The molecule has 0 saturated carbocycles. The Bertz CT molecular complexity index is 361. The average Bonchev–Trinajstić information content (AvgIpc) is 2.14. The molecule has 0 aliphatic heterocycles. The van der Waals surface area contributed by atoms with Crippen molar-refractivity contribution < 1.29 is 0 Å². The van der Waals surface area contributed by atoms with Crippen LogP contribution in [0.25, 0.3) is 0 Å². The lowest BCUT2D eigenvalue weighted by molar-refractivity contribution is 1.29. The van der Waals surface area contributed by atoms with E-state index in [1.165, 1.54) is 11.1 Å². The summed E-state index contributed by atoms with van der Waals surface area (Å²) in [6.45, 7) is 6.24. The first-order chi connectivity index (χ1) is 6.54. The third-order valence-corrected chi connectivity index (χ3v) is 3.23. The zero-order chi connectivity index (χ0) is 10.7. The predicted molar refractivity (Wildman–Crippen MR) is 70.1 cm³/mol. The van der Waals surface area contributed by atoms with Gasteiger partial charge in [0, 0.05) is 4.47 Å². The third-order valence-electron chi connectivity index (χ3n) is 2.18. The smallest absolute Gasteiger partial charge is 0.0794 e. The molecule has 3 heteroatoms. The number of hydrogen-bond donors (Lipinski definition) is 1. The van der Waals surface area contributed by atoms with E-state index in [1.807, 2.05) is 6.92 Å². The maximum atomic E-state index is 5.14. The van der Waals surface area contributed by atoms with E-state index < -0.39 is 0 Å². The summed E-state index contributed by atoms with van der Waals surface area (Å²) in [5.74, 6) is 0. The molecular weight excluding hydrogens is 258 g/mol. The van der Waals surface area contributed by atoms with Gasteiger partial charge in [-0.25, -0.2) is 0 Å². The number of hydrogen-bond acceptors (Lipinski definition) is 1. The minimum Gasteiger partial charge on any atom is -0.349 e. The lowest BCUT2D eigenvalue weighted by Crippen LogP contribution is -2.07. The summed E-state index contributed by atoms with van der Waals surface area (Å²) in [5, 5.41) is 3.21. The van der Waals surface area contributed by atoms with E-state index in [1.54, 1.807) is 0 Å². The second-order valence-electron chi connectivity index (χ2n) is 3.32. The van der Waals surface area contributed by atoms with Crippen LogP contribution in [0.3, 0.4) is 0 Å². The van der Waals surface area contributed by atoms with Gasteiger partial charge in [0.2, 0.25) is 0 Å². The molecule has 14 heavy (non-hydrogen) atoms. The van der Waals surface area contributed by atoms with E-state index in [2.05, 4.69) is 47.2 Å². The fourth-order valence-electron chi connectivity index (χ4n) is 1.12. The number of anilines is 1. The summed E-state index contributed by atoms with van der Waals surface area (Å²) in [6.07, 6.45) is 0.870. The lowest BCUT2D eigenvalue weighted by Gasteiger charge is -2.10. The summed E-state index contributed by atoms with van der Waals surface area (Å²) < 4.78 is 1.07. The van der Waals surface area contributed by atoms with Crippen LogP contribution in [-0.4, -0.2) is 4.99 Å². The molecule has 1 aromatic carbocycles. The fourth-order valence-corrected chi connectivity index (χ4v) is 1.78. The molecule has 1 rings (SSSR count). The first kappa shape index (κ1) is 11.7. The number of thiocarbonyl (C=S) groups is 1. The minimum atomic E-state index is 0.869. The van der Waals surface area contributed by atoms with Crippen molar-refractivity contribution in [3.05, 3.63) is 27.7 Å². The Balaban J connectivity index is 2.98. The van der Waals surface area contributed by atoms with Gasteiger partial charge in [0.25, 0.3) is 0 Å². The number of aryl methyl sites for hydroxylation is 2. The molecule has 0 heterocycles. The Morgan fingerprint density at radius 1 is 1.36 bits per heavy atom. The zero-order valence-electron chi connectivity index (χ0n) is 8.65. The summed E-state index contributed by atoms with van der Waals surface area (Å²) in [4.78, 5) is 0.869. The van der Waals surface area contributed by atoms with Crippen molar-refractivity contribution in [2.24, 2.45) is 0 Å². The van der Waals surface area contributed by atoms with Crippen molar-refractivity contribution in [1.29, 1.82) is 0 Å². The van der Waals surface area contributed by atoms with Gasteiger partial charge in [-0.1, -0.05) is 19.1 Å². The molecule has 0 aromatic heterocycles. The monoisotopic (exact) mass is 271 g/mol. The SMILES string of the molecule is CCC(=S)Nc1cc(C)c(C)cc1Br. The van der Waals surface area contributed by atoms with Gasteiger partial charge >= 0.3 is 0 Å². The molecule has 1 N–H and O–H groups in total. The molecule has 1 nitrogen and oxygen atoms in total. The van der Waals surface area contributed by atoms with E-state index in [4.69, 9.17) is 12.2 Å². The molecular formula is C11H14BrNS. The molecule has 0 bridgehead atoms. The van der Waals surface area contributed by atoms with Crippen LogP contribution < -0.4 is 5.32 Å². The number of rotatable bonds is 2. The lowest BCUT2D eigenvalue weighted by atomic mass is 10.1. The molecule has 1 aromatic rings. The van der Waals surface area contributed by atoms with Gasteiger partial charge in [0.1, 0.15) is 0 Å². The van der Waals surface area contributed by atoms with Crippen LogP contribution in [0, 0.1) is 13.8 Å². The van der Waals surface area contributed by atoms with E-state index in [9.17, 15) is 0 Å². The number of nitrogens with one attached hydrogen (secondary N) is 1. The van der Waals surface area contributed by atoms with E-state index in [0.29, 0.717) is 0 Å². The van der Waals surface area contributed by atoms with Crippen molar-refractivity contribution in [1.82, 2.24) is 0 Å². The molecule has 0 amide bonds. The van der Waals surface area contributed by atoms with E-state index >= 15 is 0 Å². The van der Waals surface area contributed by atoms with Gasteiger partial charge in [-0.3, -0.25) is 0 Å². The van der Waals surface area contributed by atoms with E-state index in [0.717, 1.165) is 21.6 Å². The average molecular weight is 272 g/mol. The van der Waals surface area contributed by atoms with Crippen LogP contribution in [0.5, 0.6) is 0 Å². The minimum absolute atomic E-state index is 0.869. The standard InChI is InChI=1S/C11H14BrNS/c1-4-11(14)13-10-6-8(3)7(2)5-9(10)12/h5-6H,4H2,1-3H3,(H,13,14). The van der Waals surface area contributed by atoms with Crippen LogP contribution in [0.15, 0.2) is 16.6 Å². The topological polar surface area (TPSA) is 12.0 Å². The Morgan fingerprint density at radius 2 is 1.93 bits per heavy atom. The van der Waals surface area contributed by atoms with Gasteiger partial charge in [-0.05, 0) is 59.5 Å². The predicted octanol–water partition coefficient (Wildman–Crippen LogP) is 4.22. The number of benzene rings is 1. The van der Waals surface area contributed by atoms with Gasteiger partial charge < -0.3 is 5.32 Å². The first-order valence-electron chi connectivity index (χ1n) is 4.61. The molecule has 0 saturated heterocycles. The highest BCUT2D eigenvalue weighted by molar-refractivity contribution is 9.10. The normalized spacial score (nSPS) is 10.0. The Morgan fingerprint density at radius 3 is 2.50 bits per heavy atom. The summed E-state index contributed by atoms with van der Waals surface area (Å²) >= 11 is 8.66. The third kappa shape index (κ3) is 2.79.